The number of pyridine rings is 1. The molecule has 1 N–H and O–H groups in total. The van der Waals surface area contributed by atoms with Crippen molar-refractivity contribution in [1.29, 1.82) is 0 Å². The van der Waals surface area contributed by atoms with Crippen molar-refractivity contribution in [2.45, 2.75) is 6.42 Å². The molecule has 19 heavy (non-hydrogen) atoms. The van der Waals surface area contributed by atoms with Gasteiger partial charge in [-0.15, -0.1) is 0 Å². The molecule has 2 rings (SSSR count). The van der Waals surface area contributed by atoms with Crippen LogP contribution < -0.4 is 4.90 Å². The van der Waals surface area contributed by atoms with E-state index in [0.29, 0.717) is 5.92 Å². The van der Waals surface area contributed by atoms with Gasteiger partial charge in [0, 0.05) is 44.0 Å². The summed E-state index contributed by atoms with van der Waals surface area (Å²) < 4.78 is 5.18. The molecule has 0 saturated carbocycles. The number of aromatic nitrogens is 1. The normalized spacial score (nSPS) is 19.2. The molecule has 1 aliphatic heterocycles. The van der Waals surface area contributed by atoms with Crippen LogP contribution in [0.1, 0.15) is 12.0 Å². The largest absolute Gasteiger partial charge is 0.478 e. The van der Waals surface area contributed by atoms with Crippen LogP contribution >= 0.6 is 0 Å². The quantitative estimate of drug-likeness (QED) is 0.817. The van der Waals surface area contributed by atoms with Gasteiger partial charge in [-0.05, 0) is 24.6 Å². The monoisotopic (exact) mass is 262 g/mol. The van der Waals surface area contributed by atoms with Crippen LogP contribution in [0.15, 0.2) is 24.4 Å². The maximum absolute atomic E-state index is 10.6. The highest BCUT2D eigenvalue weighted by atomic mass is 16.5. The fourth-order valence-electron chi connectivity index (χ4n) is 2.36. The minimum atomic E-state index is -0.950. The van der Waals surface area contributed by atoms with E-state index in [1.54, 1.807) is 19.4 Å². The standard InChI is InChI=1S/C14H18N2O3/c1-19-10-11-6-8-16(9-11)14-12(3-2-7-15-14)4-5-13(17)18/h2-5,7,11H,6,8-10H2,1H3,(H,17,18)/b5-4+. The molecule has 5 nitrogen and oxygen atoms in total. The maximum atomic E-state index is 10.6. The second-order valence-electron chi connectivity index (χ2n) is 4.64. The van der Waals surface area contributed by atoms with E-state index in [1.165, 1.54) is 0 Å². The van der Waals surface area contributed by atoms with Crippen LogP contribution in [-0.2, 0) is 9.53 Å². The fourth-order valence-corrected chi connectivity index (χ4v) is 2.36. The Morgan fingerprint density at radius 3 is 3.26 bits per heavy atom. The molecule has 1 aromatic rings. The Labute approximate surface area is 112 Å². The highest BCUT2D eigenvalue weighted by Crippen LogP contribution is 2.25. The lowest BCUT2D eigenvalue weighted by atomic mass is 10.1. The summed E-state index contributed by atoms with van der Waals surface area (Å²) in [5, 5.41) is 8.71. The molecule has 1 aliphatic rings. The number of methoxy groups -OCH3 is 1. The van der Waals surface area contributed by atoms with Crippen LogP contribution in [0.25, 0.3) is 6.08 Å². The molecule has 0 aromatic carbocycles. The summed E-state index contributed by atoms with van der Waals surface area (Å²) >= 11 is 0. The van der Waals surface area contributed by atoms with Gasteiger partial charge in [-0.2, -0.15) is 0 Å². The van der Waals surface area contributed by atoms with E-state index in [9.17, 15) is 4.79 Å². The molecule has 1 unspecified atom stereocenters. The van der Waals surface area contributed by atoms with Crippen LogP contribution in [0.3, 0.4) is 0 Å². The Bertz CT molecular complexity index is 474. The van der Waals surface area contributed by atoms with E-state index < -0.39 is 5.97 Å². The van der Waals surface area contributed by atoms with Gasteiger partial charge in [-0.25, -0.2) is 9.78 Å². The number of ether oxygens (including phenoxy) is 1. The zero-order valence-electron chi connectivity index (χ0n) is 11.0. The van der Waals surface area contributed by atoms with Crippen molar-refractivity contribution < 1.29 is 14.6 Å². The number of nitrogens with zero attached hydrogens (tertiary/aromatic N) is 2. The van der Waals surface area contributed by atoms with Gasteiger partial charge in [-0.1, -0.05) is 0 Å². The van der Waals surface area contributed by atoms with E-state index in [0.717, 1.165) is 43.6 Å². The molecule has 2 heterocycles. The van der Waals surface area contributed by atoms with E-state index in [2.05, 4.69) is 9.88 Å². The molecule has 0 radical (unpaired) electrons. The topological polar surface area (TPSA) is 62.7 Å². The van der Waals surface area contributed by atoms with Crippen molar-refractivity contribution in [2.75, 3.05) is 31.7 Å². The van der Waals surface area contributed by atoms with Crippen molar-refractivity contribution in [2.24, 2.45) is 5.92 Å². The van der Waals surface area contributed by atoms with Crippen LogP contribution in [0.4, 0.5) is 5.82 Å². The molecule has 0 bridgehead atoms. The number of hydrogen-bond donors (Lipinski definition) is 1. The van der Waals surface area contributed by atoms with E-state index in [1.807, 2.05) is 12.1 Å². The van der Waals surface area contributed by atoms with Crippen LogP contribution in [0.5, 0.6) is 0 Å². The van der Waals surface area contributed by atoms with E-state index >= 15 is 0 Å². The summed E-state index contributed by atoms with van der Waals surface area (Å²) in [7, 11) is 1.71. The molecule has 1 saturated heterocycles. The average Bonchev–Trinajstić information content (AvgIpc) is 2.85. The number of hydrogen-bond acceptors (Lipinski definition) is 4. The molecular weight excluding hydrogens is 244 g/mol. The third-order valence-electron chi connectivity index (χ3n) is 3.21. The number of carboxylic acid groups (broad SMARTS) is 1. The van der Waals surface area contributed by atoms with E-state index in [-0.39, 0.29) is 0 Å². The molecule has 0 amide bonds. The smallest absolute Gasteiger partial charge is 0.328 e. The average molecular weight is 262 g/mol. The zero-order chi connectivity index (χ0) is 13.7. The maximum Gasteiger partial charge on any atom is 0.328 e. The summed E-state index contributed by atoms with van der Waals surface area (Å²) in [5.41, 5.74) is 0.836. The Balaban J connectivity index is 2.14. The predicted molar refractivity (Wildman–Crippen MR) is 73.1 cm³/mol. The lowest BCUT2D eigenvalue weighted by molar-refractivity contribution is -0.131. The second-order valence-corrected chi connectivity index (χ2v) is 4.64. The Kier molecular flexibility index (Phi) is 4.52. The Hall–Kier alpha value is -1.88. The third-order valence-corrected chi connectivity index (χ3v) is 3.21. The highest BCUT2D eigenvalue weighted by Gasteiger charge is 2.24. The molecule has 1 fully saturated rings. The van der Waals surface area contributed by atoms with Crippen molar-refractivity contribution in [1.82, 2.24) is 4.98 Å². The van der Waals surface area contributed by atoms with Crippen molar-refractivity contribution in [3.05, 3.63) is 30.0 Å². The van der Waals surface area contributed by atoms with Gasteiger partial charge in [0.15, 0.2) is 0 Å². The minimum Gasteiger partial charge on any atom is -0.478 e. The lowest BCUT2D eigenvalue weighted by Gasteiger charge is -2.19. The summed E-state index contributed by atoms with van der Waals surface area (Å²) in [6.45, 7) is 2.58. The Morgan fingerprint density at radius 1 is 1.68 bits per heavy atom. The second kappa shape index (κ2) is 6.33. The van der Waals surface area contributed by atoms with E-state index in [4.69, 9.17) is 9.84 Å². The first kappa shape index (κ1) is 13.5. The number of anilines is 1. The lowest BCUT2D eigenvalue weighted by Crippen LogP contribution is -2.22. The number of carbonyl (C=O) groups is 1. The predicted octanol–water partition coefficient (Wildman–Crippen LogP) is 1.65. The first-order chi connectivity index (χ1) is 9.20. The number of aliphatic carboxylic acids is 1. The molecule has 0 aliphatic carbocycles. The molecule has 1 aromatic heterocycles. The summed E-state index contributed by atoms with van der Waals surface area (Å²) in [5.74, 6) is 0.412. The highest BCUT2D eigenvalue weighted by molar-refractivity contribution is 5.86. The Morgan fingerprint density at radius 2 is 2.53 bits per heavy atom. The molecule has 5 heteroatoms. The first-order valence-corrected chi connectivity index (χ1v) is 6.30. The van der Waals surface area contributed by atoms with Gasteiger partial charge in [0.1, 0.15) is 5.82 Å². The summed E-state index contributed by atoms with van der Waals surface area (Å²) in [6.07, 6.45) is 5.54. The van der Waals surface area contributed by atoms with Gasteiger partial charge in [0.25, 0.3) is 0 Å². The van der Waals surface area contributed by atoms with Gasteiger partial charge in [-0.3, -0.25) is 0 Å². The van der Waals surface area contributed by atoms with Gasteiger partial charge >= 0.3 is 5.97 Å². The number of rotatable bonds is 5. The van der Waals surface area contributed by atoms with Gasteiger partial charge < -0.3 is 14.7 Å². The van der Waals surface area contributed by atoms with Crippen molar-refractivity contribution in [3.63, 3.8) is 0 Å². The van der Waals surface area contributed by atoms with Gasteiger partial charge in [0.05, 0.1) is 6.61 Å². The minimum absolute atomic E-state index is 0.517. The first-order valence-electron chi connectivity index (χ1n) is 6.30. The molecule has 1 atom stereocenters. The van der Waals surface area contributed by atoms with Gasteiger partial charge in [0.2, 0.25) is 0 Å². The van der Waals surface area contributed by atoms with Crippen LogP contribution in [0, 0.1) is 5.92 Å². The van der Waals surface area contributed by atoms with Crippen LogP contribution in [-0.4, -0.2) is 42.9 Å². The van der Waals surface area contributed by atoms with Crippen molar-refractivity contribution in [3.8, 4) is 0 Å². The molecule has 0 spiro atoms. The van der Waals surface area contributed by atoms with Crippen molar-refractivity contribution >= 4 is 17.9 Å². The fraction of sp³-hybridized carbons (Fsp3) is 0.429. The van der Waals surface area contributed by atoms with Crippen LogP contribution in [0.2, 0.25) is 0 Å². The zero-order valence-corrected chi connectivity index (χ0v) is 11.0. The summed E-state index contributed by atoms with van der Waals surface area (Å²) in [4.78, 5) is 17.2. The third kappa shape index (κ3) is 3.54. The molecular formula is C14H18N2O3. The SMILES string of the molecule is COCC1CCN(c2ncccc2/C=C/C(=O)O)C1. The summed E-state index contributed by atoms with van der Waals surface area (Å²) in [6, 6.07) is 3.69. The number of carboxylic acids is 1. The molecule has 102 valence electrons.